The minimum absolute atomic E-state index is 0.217. The highest BCUT2D eigenvalue weighted by atomic mass is 35.5. The van der Waals surface area contributed by atoms with Crippen LogP contribution in [0.3, 0.4) is 0 Å². The fourth-order valence-corrected chi connectivity index (χ4v) is 2.77. The van der Waals surface area contributed by atoms with Crippen molar-refractivity contribution in [1.29, 1.82) is 0 Å². The molecule has 0 spiro atoms. The molecule has 6 nitrogen and oxygen atoms in total. The smallest absolute Gasteiger partial charge is 0.259 e. The Kier molecular flexibility index (Phi) is 5.04. The molecule has 0 aliphatic heterocycles. The Morgan fingerprint density at radius 1 is 1.08 bits per heavy atom. The van der Waals surface area contributed by atoms with E-state index in [1.54, 1.807) is 48.1 Å². The van der Waals surface area contributed by atoms with Crippen molar-refractivity contribution in [2.45, 2.75) is 6.92 Å². The third-order valence-electron chi connectivity index (χ3n) is 3.92. The highest BCUT2D eigenvalue weighted by Crippen LogP contribution is 2.19. The Bertz CT molecular complexity index is 981. The van der Waals surface area contributed by atoms with Crippen LogP contribution < -0.4 is 10.6 Å². The molecule has 0 radical (unpaired) electrons. The zero-order valence-electron chi connectivity index (χ0n) is 14.3. The first kappa shape index (κ1) is 17.7. The zero-order chi connectivity index (χ0) is 18.7. The first-order valence-electron chi connectivity index (χ1n) is 7.93. The molecule has 3 aromatic rings. The SMILES string of the molecule is CNC(=O)c1cccc(NC(=O)c2cnn(-c3cccc(Cl)c3)c2C)c1. The summed E-state index contributed by atoms with van der Waals surface area (Å²) in [5.74, 6) is -0.518. The van der Waals surface area contributed by atoms with Gasteiger partial charge < -0.3 is 10.6 Å². The number of hydrogen-bond acceptors (Lipinski definition) is 3. The van der Waals surface area contributed by atoms with E-state index in [1.807, 2.05) is 19.1 Å². The fraction of sp³-hybridized carbons (Fsp3) is 0.105. The van der Waals surface area contributed by atoms with Crippen LogP contribution in [0.4, 0.5) is 5.69 Å². The van der Waals surface area contributed by atoms with Crippen molar-refractivity contribution >= 4 is 29.1 Å². The molecular weight excluding hydrogens is 352 g/mol. The first-order chi connectivity index (χ1) is 12.5. The van der Waals surface area contributed by atoms with Crippen LogP contribution in [0.2, 0.25) is 5.02 Å². The standard InChI is InChI=1S/C19H17ClN4O2/c1-12-17(11-22-24(12)16-8-4-6-14(20)10-16)19(26)23-15-7-3-5-13(9-15)18(25)21-2/h3-11H,1-2H3,(H,21,25)(H,23,26). The summed E-state index contributed by atoms with van der Waals surface area (Å²) >= 11 is 6.02. The number of aromatic nitrogens is 2. The number of nitrogens with one attached hydrogen (secondary N) is 2. The van der Waals surface area contributed by atoms with Crippen LogP contribution in [0.1, 0.15) is 26.4 Å². The van der Waals surface area contributed by atoms with Crippen molar-refractivity contribution in [2.75, 3.05) is 12.4 Å². The molecule has 0 aliphatic rings. The van der Waals surface area contributed by atoms with E-state index in [-0.39, 0.29) is 11.8 Å². The van der Waals surface area contributed by atoms with E-state index < -0.39 is 0 Å². The molecule has 7 heteroatoms. The molecule has 0 atom stereocenters. The van der Waals surface area contributed by atoms with Gasteiger partial charge in [0.05, 0.1) is 23.1 Å². The van der Waals surface area contributed by atoms with Crippen LogP contribution in [0.15, 0.2) is 54.7 Å². The van der Waals surface area contributed by atoms with Crippen molar-refractivity contribution in [1.82, 2.24) is 15.1 Å². The average Bonchev–Trinajstić information content (AvgIpc) is 3.03. The van der Waals surface area contributed by atoms with Gasteiger partial charge in [0.25, 0.3) is 11.8 Å². The quantitative estimate of drug-likeness (QED) is 0.740. The number of hydrogen-bond donors (Lipinski definition) is 2. The Labute approximate surface area is 155 Å². The lowest BCUT2D eigenvalue weighted by Gasteiger charge is -2.08. The Morgan fingerprint density at radius 2 is 1.85 bits per heavy atom. The summed E-state index contributed by atoms with van der Waals surface area (Å²) in [6.45, 7) is 1.81. The van der Waals surface area contributed by atoms with Gasteiger partial charge >= 0.3 is 0 Å². The summed E-state index contributed by atoms with van der Waals surface area (Å²) in [7, 11) is 1.56. The molecule has 132 valence electrons. The van der Waals surface area contributed by atoms with Crippen molar-refractivity contribution in [3.63, 3.8) is 0 Å². The number of carbonyl (C=O) groups is 2. The summed E-state index contributed by atoms with van der Waals surface area (Å²) in [5, 5.41) is 10.2. The molecule has 0 fully saturated rings. The lowest BCUT2D eigenvalue weighted by molar-refractivity contribution is 0.0961. The fourth-order valence-electron chi connectivity index (χ4n) is 2.58. The van der Waals surface area contributed by atoms with Crippen molar-refractivity contribution in [3.05, 3.63) is 76.6 Å². The largest absolute Gasteiger partial charge is 0.355 e. The predicted octanol–water partition coefficient (Wildman–Crippen LogP) is 3.45. The van der Waals surface area contributed by atoms with Crippen molar-refractivity contribution in [3.8, 4) is 5.69 Å². The monoisotopic (exact) mass is 368 g/mol. The summed E-state index contributed by atoms with van der Waals surface area (Å²) in [4.78, 5) is 24.3. The molecule has 0 saturated carbocycles. The van der Waals surface area contributed by atoms with Crippen LogP contribution in [-0.4, -0.2) is 28.6 Å². The zero-order valence-corrected chi connectivity index (χ0v) is 15.0. The predicted molar refractivity (Wildman–Crippen MR) is 101 cm³/mol. The maximum Gasteiger partial charge on any atom is 0.259 e. The lowest BCUT2D eigenvalue weighted by atomic mass is 10.1. The maximum absolute atomic E-state index is 12.6. The number of nitrogens with zero attached hydrogens (tertiary/aromatic N) is 2. The highest BCUT2D eigenvalue weighted by Gasteiger charge is 2.16. The number of carbonyl (C=O) groups excluding carboxylic acids is 2. The van der Waals surface area contributed by atoms with Crippen molar-refractivity contribution in [2.24, 2.45) is 0 Å². The van der Waals surface area contributed by atoms with E-state index in [0.717, 1.165) is 5.69 Å². The van der Waals surface area contributed by atoms with Crippen LogP contribution in [0.5, 0.6) is 0 Å². The number of amides is 2. The summed E-state index contributed by atoms with van der Waals surface area (Å²) < 4.78 is 1.65. The molecule has 0 aliphatic carbocycles. The molecule has 3 rings (SSSR count). The van der Waals surface area contributed by atoms with E-state index in [4.69, 9.17) is 11.6 Å². The maximum atomic E-state index is 12.6. The van der Waals surface area contributed by atoms with Gasteiger partial charge in [-0.1, -0.05) is 23.7 Å². The highest BCUT2D eigenvalue weighted by molar-refractivity contribution is 6.30. The lowest BCUT2D eigenvalue weighted by Crippen LogP contribution is -2.18. The molecule has 0 unspecified atom stereocenters. The summed E-state index contributed by atoms with van der Waals surface area (Å²) in [6, 6.07) is 14.0. The minimum atomic E-state index is -0.301. The van der Waals surface area contributed by atoms with E-state index in [0.29, 0.717) is 27.5 Å². The second-order valence-electron chi connectivity index (χ2n) is 5.65. The number of anilines is 1. The topological polar surface area (TPSA) is 76.0 Å². The van der Waals surface area contributed by atoms with Gasteiger partial charge in [-0.3, -0.25) is 9.59 Å². The third-order valence-corrected chi connectivity index (χ3v) is 4.15. The second kappa shape index (κ2) is 7.41. The van der Waals surface area contributed by atoms with Gasteiger partial charge in [-0.05, 0) is 43.3 Å². The number of halogens is 1. The molecular formula is C19H17ClN4O2. The van der Waals surface area contributed by atoms with Crippen LogP contribution in [-0.2, 0) is 0 Å². The van der Waals surface area contributed by atoms with Crippen LogP contribution >= 0.6 is 11.6 Å². The first-order valence-corrected chi connectivity index (χ1v) is 8.31. The normalized spacial score (nSPS) is 10.4. The number of benzene rings is 2. The molecule has 1 aromatic heterocycles. The van der Waals surface area contributed by atoms with Gasteiger partial charge in [-0.2, -0.15) is 5.10 Å². The molecule has 0 bridgehead atoms. The van der Waals surface area contributed by atoms with Crippen LogP contribution in [0.25, 0.3) is 5.69 Å². The van der Waals surface area contributed by atoms with Crippen molar-refractivity contribution < 1.29 is 9.59 Å². The van der Waals surface area contributed by atoms with E-state index in [1.165, 1.54) is 6.20 Å². The minimum Gasteiger partial charge on any atom is -0.355 e. The second-order valence-corrected chi connectivity index (χ2v) is 6.09. The summed E-state index contributed by atoms with van der Waals surface area (Å²) in [5.41, 5.74) is 2.90. The van der Waals surface area contributed by atoms with Crippen LogP contribution in [0, 0.1) is 6.92 Å². The summed E-state index contributed by atoms with van der Waals surface area (Å²) in [6.07, 6.45) is 1.51. The number of rotatable bonds is 4. The Balaban J connectivity index is 1.84. The van der Waals surface area contributed by atoms with Gasteiger partial charge in [-0.15, -0.1) is 0 Å². The van der Waals surface area contributed by atoms with E-state index >= 15 is 0 Å². The van der Waals surface area contributed by atoms with Gasteiger partial charge in [0.1, 0.15) is 0 Å². The molecule has 0 saturated heterocycles. The third kappa shape index (κ3) is 3.60. The van der Waals surface area contributed by atoms with Gasteiger partial charge in [0.2, 0.25) is 0 Å². The molecule has 1 heterocycles. The van der Waals surface area contributed by atoms with Gasteiger partial charge in [0.15, 0.2) is 0 Å². The molecule has 2 amide bonds. The van der Waals surface area contributed by atoms with Gasteiger partial charge in [-0.25, -0.2) is 4.68 Å². The molecule has 2 aromatic carbocycles. The Morgan fingerprint density at radius 3 is 2.58 bits per heavy atom. The van der Waals surface area contributed by atoms with E-state index in [9.17, 15) is 9.59 Å². The molecule has 2 N–H and O–H groups in total. The van der Waals surface area contributed by atoms with E-state index in [2.05, 4.69) is 15.7 Å². The molecule has 26 heavy (non-hydrogen) atoms. The van der Waals surface area contributed by atoms with Gasteiger partial charge in [0, 0.05) is 23.3 Å². The average molecular weight is 369 g/mol. The Hall–Kier alpha value is -3.12.